The van der Waals surface area contributed by atoms with Crippen molar-refractivity contribution in [2.24, 2.45) is 0 Å². The molecule has 10 nitrogen and oxygen atoms in total. The molecule has 1 aliphatic rings. The molecule has 1 N–H and O–H groups in total. The number of carbonyl (C=O) groups is 1. The minimum absolute atomic E-state index is 0.0382. The monoisotopic (exact) mass is 510 g/mol. The number of rotatable bonds is 9. The summed E-state index contributed by atoms with van der Waals surface area (Å²) in [5.74, 6) is -0.722. The van der Waals surface area contributed by atoms with Gasteiger partial charge in [0.1, 0.15) is 19.3 Å². The maximum atomic E-state index is 14.8. The van der Waals surface area contributed by atoms with E-state index in [0.29, 0.717) is 0 Å². The van der Waals surface area contributed by atoms with Gasteiger partial charge in [-0.25, -0.2) is 14.0 Å². The lowest BCUT2D eigenvalue weighted by atomic mass is 10.1. The van der Waals surface area contributed by atoms with Gasteiger partial charge in [0.25, 0.3) is 5.56 Å². The second kappa shape index (κ2) is 11.3. The van der Waals surface area contributed by atoms with Gasteiger partial charge in [-0.3, -0.25) is 14.3 Å². The molecule has 190 valence electrons. The lowest BCUT2D eigenvalue weighted by molar-refractivity contribution is -0.0812. The molecule has 0 amide bonds. The van der Waals surface area contributed by atoms with Gasteiger partial charge in [-0.05, 0) is 38.5 Å². The van der Waals surface area contributed by atoms with Gasteiger partial charge in [0.05, 0.1) is 18.8 Å². The fraction of sp³-hybridized carbons (Fsp3) is 0.435. The zero-order valence-corrected chi connectivity index (χ0v) is 20.7. The van der Waals surface area contributed by atoms with Crippen molar-refractivity contribution in [3.8, 4) is 0 Å². The Morgan fingerprint density at radius 3 is 2.51 bits per heavy atom. The normalized spacial score (nSPS) is 22.8. The first kappa shape index (κ1) is 26.7. The molecule has 0 saturated carbocycles. The second-order valence-corrected chi connectivity index (χ2v) is 11.5. The van der Waals surface area contributed by atoms with Crippen molar-refractivity contribution < 1.29 is 32.7 Å². The first-order valence-electron chi connectivity index (χ1n) is 10.8. The Morgan fingerprint density at radius 2 is 1.89 bits per heavy atom. The number of halogens is 1. The van der Waals surface area contributed by atoms with Crippen LogP contribution in [-0.4, -0.2) is 67.5 Å². The molecular weight excluding hydrogens is 482 g/mol. The van der Waals surface area contributed by atoms with Gasteiger partial charge < -0.3 is 23.5 Å². The van der Waals surface area contributed by atoms with E-state index in [0.717, 1.165) is 10.6 Å². The van der Waals surface area contributed by atoms with E-state index in [-0.39, 0.29) is 24.3 Å². The summed E-state index contributed by atoms with van der Waals surface area (Å²) < 4.78 is 50.7. The maximum Gasteiger partial charge on any atom is 0.338 e. The molecule has 1 aliphatic heterocycles. The molecule has 2 heterocycles. The molecule has 2 aromatic rings. The molecule has 12 heteroatoms. The van der Waals surface area contributed by atoms with Crippen molar-refractivity contribution in [1.82, 2.24) is 9.55 Å². The first-order valence-corrected chi connectivity index (χ1v) is 13.4. The predicted molar refractivity (Wildman–Crippen MR) is 126 cm³/mol. The molecule has 35 heavy (non-hydrogen) atoms. The number of aromatic nitrogens is 2. The average Bonchev–Trinajstić information content (AvgIpc) is 3.13. The number of H-pyrrole nitrogens is 1. The highest BCUT2D eigenvalue weighted by Gasteiger charge is 2.49. The number of carbonyl (C=O) groups excluding carboxylic acids is 1. The number of nitrogens with zero attached hydrogens (tertiary/aromatic N) is 1. The highest BCUT2D eigenvalue weighted by Crippen LogP contribution is 2.48. The number of hydrogen-bond donors (Lipinski definition) is 1. The van der Waals surface area contributed by atoms with Crippen molar-refractivity contribution in [2.45, 2.75) is 31.5 Å². The summed E-state index contributed by atoms with van der Waals surface area (Å²) in [5.41, 5.74) is -1.83. The molecule has 0 bridgehead atoms. The van der Waals surface area contributed by atoms with Crippen molar-refractivity contribution in [2.75, 3.05) is 33.7 Å². The number of ether oxygens (including phenoxy) is 4. The Balaban J connectivity index is 2.07. The van der Waals surface area contributed by atoms with Gasteiger partial charge in [-0.2, -0.15) is 0 Å². The quantitative estimate of drug-likeness (QED) is 0.310. The number of methoxy groups -OCH3 is 1. The van der Waals surface area contributed by atoms with E-state index >= 15 is 0 Å². The molecule has 1 saturated heterocycles. The Hall–Kier alpha value is -2.85. The standard InChI is InChI=1S/C23H28FN2O8P/c1-14-13-26(23(29)25-20(14)27)21-19(32-11-10-31-2)18(16(33-21)12-17(24)35(3,4)30)34-22(28)15-8-6-5-7-9-15/h5-9,12-13,16,18-19,21H,10-11H2,1-4H3,(H,25,27,29)/b17-12+/t16-,18-,19-,21-/m1/s1. The van der Waals surface area contributed by atoms with E-state index in [9.17, 15) is 23.3 Å². The lowest BCUT2D eigenvalue weighted by Crippen LogP contribution is -2.41. The van der Waals surface area contributed by atoms with Crippen LogP contribution in [0.3, 0.4) is 0 Å². The molecule has 0 spiro atoms. The minimum atomic E-state index is -3.29. The average molecular weight is 510 g/mol. The van der Waals surface area contributed by atoms with E-state index in [2.05, 4.69) is 4.98 Å². The lowest BCUT2D eigenvalue weighted by Gasteiger charge is -2.25. The van der Waals surface area contributed by atoms with E-state index in [1.165, 1.54) is 33.6 Å². The number of hydrogen-bond acceptors (Lipinski definition) is 8. The van der Waals surface area contributed by atoms with Crippen LogP contribution >= 0.6 is 7.14 Å². The van der Waals surface area contributed by atoms with Crippen LogP contribution in [0, 0.1) is 6.92 Å². The van der Waals surface area contributed by atoms with Crippen LogP contribution in [0.2, 0.25) is 0 Å². The fourth-order valence-electron chi connectivity index (χ4n) is 3.46. The van der Waals surface area contributed by atoms with Crippen molar-refractivity contribution >= 4 is 13.1 Å². The van der Waals surface area contributed by atoms with Crippen molar-refractivity contribution in [3.05, 3.63) is 80.1 Å². The molecule has 0 unspecified atom stereocenters. The van der Waals surface area contributed by atoms with Crippen LogP contribution in [0.4, 0.5) is 4.39 Å². The molecule has 1 aromatic carbocycles. The van der Waals surface area contributed by atoms with Gasteiger partial charge in [-0.15, -0.1) is 0 Å². The molecule has 1 fully saturated rings. The van der Waals surface area contributed by atoms with Crippen LogP contribution in [0.25, 0.3) is 0 Å². The van der Waals surface area contributed by atoms with Crippen LogP contribution in [-0.2, 0) is 23.5 Å². The van der Waals surface area contributed by atoms with Gasteiger partial charge in [0.2, 0.25) is 0 Å². The van der Waals surface area contributed by atoms with Gasteiger partial charge in [-0.1, -0.05) is 18.2 Å². The smallest absolute Gasteiger partial charge is 0.338 e. The third-order valence-corrected chi connectivity index (χ3v) is 6.49. The van der Waals surface area contributed by atoms with Crippen LogP contribution in [0.1, 0.15) is 22.1 Å². The fourth-order valence-corrected chi connectivity index (χ4v) is 3.96. The molecule has 3 rings (SSSR count). The highest BCUT2D eigenvalue weighted by molar-refractivity contribution is 7.66. The Bertz CT molecular complexity index is 1240. The summed E-state index contributed by atoms with van der Waals surface area (Å²) in [6.45, 7) is 4.21. The zero-order valence-electron chi connectivity index (χ0n) is 19.8. The Kier molecular flexibility index (Phi) is 8.60. The number of esters is 1. The minimum Gasteiger partial charge on any atom is -0.453 e. The largest absolute Gasteiger partial charge is 0.453 e. The van der Waals surface area contributed by atoms with Gasteiger partial charge in [0.15, 0.2) is 17.9 Å². The van der Waals surface area contributed by atoms with Crippen LogP contribution in [0.15, 0.2) is 57.8 Å². The number of aryl methyl sites for hydroxylation is 1. The third-order valence-electron chi connectivity index (χ3n) is 5.31. The van der Waals surface area contributed by atoms with Gasteiger partial charge in [0, 0.05) is 18.9 Å². The molecule has 1 aromatic heterocycles. The molecule has 4 atom stereocenters. The van der Waals surface area contributed by atoms with Gasteiger partial charge >= 0.3 is 11.7 Å². The van der Waals surface area contributed by atoms with Crippen LogP contribution < -0.4 is 11.2 Å². The van der Waals surface area contributed by atoms with E-state index in [1.807, 2.05) is 0 Å². The molecular formula is C23H28FN2O8P. The maximum absolute atomic E-state index is 14.8. The summed E-state index contributed by atoms with van der Waals surface area (Å²) in [6.07, 6.45) is -2.51. The third kappa shape index (κ3) is 6.43. The topological polar surface area (TPSA) is 126 Å². The zero-order chi connectivity index (χ0) is 25.8. The van der Waals surface area contributed by atoms with Crippen LogP contribution in [0.5, 0.6) is 0 Å². The number of aromatic amines is 1. The van der Waals surface area contributed by atoms with E-state index in [4.69, 9.17) is 18.9 Å². The number of benzene rings is 1. The number of nitrogens with one attached hydrogen (secondary N) is 1. The predicted octanol–water partition coefficient (Wildman–Crippen LogP) is 2.43. The molecule has 0 radical (unpaired) electrons. The highest BCUT2D eigenvalue weighted by atomic mass is 31.2. The van der Waals surface area contributed by atoms with Crippen molar-refractivity contribution in [1.29, 1.82) is 0 Å². The summed E-state index contributed by atoms with van der Waals surface area (Å²) >= 11 is 0. The summed E-state index contributed by atoms with van der Waals surface area (Å²) in [5, 5.41) is 0. The Morgan fingerprint density at radius 1 is 1.20 bits per heavy atom. The second-order valence-electron chi connectivity index (χ2n) is 8.37. The Labute approximate surface area is 201 Å². The summed E-state index contributed by atoms with van der Waals surface area (Å²) in [6, 6.07) is 8.13. The van der Waals surface area contributed by atoms with E-state index < -0.39 is 54.5 Å². The van der Waals surface area contributed by atoms with E-state index in [1.54, 1.807) is 30.3 Å². The molecule has 0 aliphatic carbocycles. The van der Waals surface area contributed by atoms with Crippen molar-refractivity contribution in [3.63, 3.8) is 0 Å². The summed E-state index contributed by atoms with van der Waals surface area (Å²) in [4.78, 5) is 39.5. The summed E-state index contributed by atoms with van der Waals surface area (Å²) in [7, 11) is -1.82. The SMILES string of the molecule is COCCO[C@@H]1[C@H](OC(=O)c2ccccc2)[C@@H](/C=C(\F)P(C)(C)=O)O[C@H]1n1cc(C)c(=O)[nH]c1=O. The first-order chi connectivity index (χ1) is 16.5.